The normalized spacial score (nSPS) is 16.8. The van der Waals surface area contributed by atoms with Crippen molar-refractivity contribution in [2.75, 3.05) is 6.61 Å². The Morgan fingerprint density at radius 2 is 1.93 bits per heavy atom. The first kappa shape index (κ1) is 16.0. The molecule has 0 saturated carbocycles. The third-order valence-electron chi connectivity index (χ3n) is 4.37. The molecule has 4 aromatic rings. The summed E-state index contributed by atoms with van der Waals surface area (Å²) < 4.78 is 13.6. The second-order valence-electron chi connectivity index (χ2n) is 6.36. The monoisotopic (exact) mass is 377 g/mol. The minimum Gasteiger partial charge on any atom is -0.485 e. The summed E-state index contributed by atoms with van der Waals surface area (Å²) in [5, 5.41) is 4.36. The van der Waals surface area contributed by atoms with Crippen LogP contribution in [0, 0.1) is 6.92 Å². The molecule has 0 N–H and O–H groups in total. The summed E-state index contributed by atoms with van der Waals surface area (Å²) in [5.41, 5.74) is 1.98. The van der Waals surface area contributed by atoms with Crippen molar-refractivity contribution in [2.45, 2.75) is 13.0 Å². The fourth-order valence-electron chi connectivity index (χ4n) is 2.95. The molecule has 27 heavy (non-hydrogen) atoms. The number of hydrogen-bond acceptors (Lipinski definition) is 6. The van der Waals surface area contributed by atoms with Crippen LogP contribution in [0.25, 0.3) is 11.0 Å². The van der Waals surface area contributed by atoms with Crippen LogP contribution >= 0.6 is 11.3 Å². The Hall–Kier alpha value is -3.19. The van der Waals surface area contributed by atoms with Gasteiger partial charge in [-0.05, 0) is 30.7 Å². The van der Waals surface area contributed by atoms with Crippen LogP contribution in [0.2, 0.25) is 0 Å². The Morgan fingerprint density at radius 3 is 2.70 bits per heavy atom. The van der Waals surface area contributed by atoms with Crippen molar-refractivity contribution >= 4 is 22.4 Å². The van der Waals surface area contributed by atoms with Gasteiger partial charge in [0.2, 0.25) is 4.96 Å². The lowest BCUT2D eigenvalue weighted by molar-refractivity contribution is 0.0852. The Morgan fingerprint density at radius 1 is 1.15 bits per heavy atom. The highest BCUT2D eigenvalue weighted by molar-refractivity contribution is 7.15. The van der Waals surface area contributed by atoms with Crippen molar-refractivity contribution in [1.82, 2.24) is 14.6 Å². The van der Waals surface area contributed by atoms with Crippen LogP contribution in [-0.4, -0.2) is 21.2 Å². The van der Waals surface area contributed by atoms with Gasteiger partial charge in [-0.25, -0.2) is 0 Å². The molecule has 0 spiro atoms. The van der Waals surface area contributed by atoms with Crippen molar-refractivity contribution in [3.8, 4) is 11.5 Å². The molecule has 1 atom stereocenters. The third-order valence-corrected chi connectivity index (χ3v) is 5.33. The molecule has 134 valence electrons. The topological polar surface area (TPSA) is 65.7 Å². The molecule has 0 saturated heterocycles. The van der Waals surface area contributed by atoms with Crippen molar-refractivity contribution in [3.63, 3.8) is 0 Å². The van der Waals surface area contributed by atoms with Crippen LogP contribution in [0.15, 0.2) is 53.3 Å². The van der Waals surface area contributed by atoms with Gasteiger partial charge in [0.15, 0.2) is 23.4 Å². The molecule has 0 radical (unpaired) electrons. The zero-order valence-electron chi connectivity index (χ0n) is 14.5. The highest BCUT2D eigenvalue weighted by atomic mass is 32.1. The zero-order chi connectivity index (χ0) is 18.4. The first-order chi connectivity index (χ1) is 13.2. The Balaban J connectivity index is 1.49. The average molecular weight is 377 g/mol. The third kappa shape index (κ3) is 2.86. The number of fused-ring (bicyclic) bond motifs is 2. The molecule has 6 nitrogen and oxygen atoms in total. The first-order valence-electron chi connectivity index (χ1n) is 8.54. The maximum Gasteiger partial charge on any atom is 0.291 e. The quantitative estimate of drug-likeness (QED) is 0.537. The zero-order valence-corrected chi connectivity index (χ0v) is 15.3. The largest absolute Gasteiger partial charge is 0.485 e. The van der Waals surface area contributed by atoms with Gasteiger partial charge >= 0.3 is 0 Å². The lowest BCUT2D eigenvalue weighted by Crippen LogP contribution is -2.26. The molecule has 3 heterocycles. The van der Waals surface area contributed by atoms with E-state index in [2.05, 4.69) is 10.1 Å². The second-order valence-corrected chi connectivity index (χ2v) is 7.36. The van der Waals surface area contributed by atoms with Gasteiger partial charge in [0.1, 0.15) is 6.61 Å². The number of benzene rings is 2. The van der Waals surface area contributed by atoms with Crippen molar-refractivity contribution < 1.29 is 9.47 Å². The van der Waals surface area contributed by atoms with Crippen LogP contribution in [0.3, 0.4) is 0 Å². The molecule has 0 unspecified atom stereocenters. The van der Waals surface area contributed by atoms with Crippen molar-refractivity contribution in [1.29, 1.82) is 0 Å². The number of rotatable bonds is 2. The van der Waals surface area contributed by atoms with Crippen LogP contribution in [0.4, 0.5) is 0 Å². The van der Waals surface area contributed by atoms with Gasteiger partial charge in [-0.15, -0.1) is 5.10 Å². The molecule has 7 heteroatoms. The summed E-state index contributed by atoms with van der Waals surface area (Å²) in [6.45, 7) is 2.34. The van der Waals surface area contributed by atoms with E-state index < -0.39 is 6.10 Å². The molecule has 0 fully saturated rings. The van der Waals surface area contributed by atoms with E-state index >= 15 is 0 Å². The summed E-state index contributed by atoms with van der Waals surface area (Å²) in [5.74, 6) is 1.81. The van der Waals surface area contributed by atoms with E-state index in [-0.39, 0.29) is 5.56 Å². The van der Waals surface area contributed by atoms with E-state index in [4.69, 9.17) is 9.47 Å². The van der Waals surface area contributed by atoms with Gasteiger partial charge in [0.25, 0.3) is 5.56 Å². The summed E-state index contributed by atoms with van der Waals surface area (Å²) in [4.78, 5) is 17.7. The van der Waals surface area contributed by atoms with Gasteiger partial charge in [0.05, 0.1) is 4.53 Å². The van der Waals surface area contributed by atoms with E-state index in [9.17, 15) is 4.79 Å². The molecule has 5 rings (SSSR count). The molecule has 1 aliphatic heterocycles. The van der Waals surface area contributed by atoms with E-state index in [0.29, 0.717) is 33.4 Å². The van der Waals surface area contributed by atoms with Gasteiger partial charge in [0, 0.05) is 0 Å². The minimum atomic E-state index is -0.434. The van der Waals surface area contributed by atoms with E-state index in [1.54, 1.807) is 0 Å². The highest BCUT2D eigenvalue weighted by Crippen LogP contribution is 2.35. The lowest BCUT2D eigenvalue weighted by atomic mass is 10.1. The predicted octanol–water partition coefficient (Wildman–Crippen LogP) is 2.52. The summed E-state index contributed by atoms with van der Waals surface area (Å²) in [6.07, 6.45) is 1.43. The van der Waals surface area contributed by atoms with Gasteiger partial charge < -0.3 is 9.47 Å². The van der Waals surface area contributed by atoms with E-state index in [0.717, 1.165) is 5.56 Å². The van der Waals surface area contributed by atoms with Gasteiger partial charge in [-0.2, -0.15) is 9.50 Å². The molecular formula is C20H15N3O3S. The first-order valence-corrected chi connectivity index (χ1v) is 9.35. The lowest BCUT2D eigenvalue weighted by Gasteiger charge is -2.24. The summed E-state index contributed by atoms with van der Waals surface area (Å²) in [6, 6.07) is 15.5. The second kappa shape index (κ2) is 6.21. The van der Waals surface area contributed by atoms with Gasteiger partial charge in [-0.1, -0.05) is 53.3 Å². The Labute approximate surface area is 158 Å². The average Bonchev–Trinajstić information content (AvgIpc) is 3.23. The van der Waals surface area contributed by atoms with Gasteiger partial charge in [-0.3, -0.25) is 4.79 Å². The predicted molar refractivity (Wildman–Crippen MR) is 102 cm³/mol. The molecule has 0 amide bonds. The summed E-state index contributed by atoms with van der Waals surface area (Å²) >= 11 is 1.32. The maximum absolute atomic E-state index is 12.7. The fraction of sp³-hybridized carbons (Fsp3) is 0.150. The Bertz CT molecular complexity index is 1240. The fourth-order valence-corrected chi connectivity index (χ4v) is 3.86. The van der Waals surface area contributed by atoms with Crippen molar-refractivity contribution in [3.05, 3.63) is 80.4 Å². The molecule has 1 aliphatic rings. The number of nitrogens with zero attached hydrogens (tertiary/aromatic N) is 3. The number of thiazole rings is 1. The minimum absolute atomic E-state index is 0.175. The SMILES string of the molecule is Cc1ccc(/C=c2/sc3nc([C@H]4COc5ccccc5O4)nn3c2=O)cc1. The molecular weight excluding hydrogens is 362 g/mol. The standard InChI is InChI=1S/C20H15N3O3S/c1-12-6-8-13(9-7-12)10-17-19(24)23-20(27-17)21-18(22-23)16-11-25-14-4-2-3-5-15(14)26-16/h2-10,16H,11H2,1H3/b17-10+/t16-/m1/s1. The van der Waals surface area contributed by atoms with Crippen LogP contribution in [-0.2, 0) is 0 Å². The number of hydrogen-bond donors (Lipinski definition) is 0. The highest BCUT2D eigenvalue weighted by Gasteiger charge is 2.26. The molecule has 2 aromatic heterocycles. The molecule has 0 bridgehead atoms. The summed E-state index contributed by atoms with van der Waals surface area (Å²) in [7, 11) is 0. The number of aryl methyl sites for hydroxylation is 1. The van der Waals surface area contributed by atoms with Crippen LogP contribution in [0.5, 0.6) is 11.5 Å². The van der Waals surface area contributed by atoms with E-state index in [1.807, 2.05) is 61.5 Å². The van der Waals surface area contributed by atoms with E-state index in [1.165, 1.54) is 21.4 Å². The van der Waals surface area contributed by atoms with Crippen LogP contribution < -0.4 is 19.6 Å². The van der Waals surface area contributed by atoms with Crippen LogP contribution in [0.1, 0.15) is 23.1 Å². The number of para-hydroxylation sites is 2. The smallest absolute Gasteiger partial charge is 0.291 e. The molecule has 2 aromatic carbocycles. The number of ether oxygens (including phenoxy) is 2. The maximum atomic E-state index is 12.7. The number of aromatic nitrogens is 3. The van der Waals surface area contributed by atoms with Crippen molar-refractivity contribution in [2.24, 2.45) is 0 Å². The molecule has 0 aliphatic carbocycles. The Kier molecular flexibility index (Phi) is 3.68.